The van der Waals surface area contributed by atoms with Crippen molar-refractivity contribution in [2.45, 2.75) is 12.8 Å². The molecule has 0 saturated heterocycles. The Labute approximate surface area is 85.2 Å². The number of hydrogen-bond donors (Lipinski definition) is 1. The van der Waals surface area contributed by atoms with Crippen LogP contribution in [0.3, 0.4) is 0 Å². The molecule has 14 heavy (non-hydrogen) atoms. The minimum atomic E-state index is -0.187. The summed E-state index contributed by atoms with van der Waals surface area (Å²) < 4.78 is 4.52. The van der Waals surface area contributed by atoms with Crippen LogP contribution in [0, 0.1) is 0 Å². The van der Waals surface area contributed by atoms with E-state index in [0.717, 1.165) is 19.5 Å². The van der Waals surface area contributed by atoms with Gasteiger partial charge in [0.15, 0.2) is 0 Å². The van der Waals surface area contributed by atoms with E-state index in [1.807, 2.05) is 4.90 Å². The number of aliphatic hydroxyl groups excluding tert-OH is 1. The molecular weight excluding hydrogens is 182 g/mol. The molecular formula is C10H19NO3. The number of rotatable bonds is 8. The third kappa shape index (κ3) is 6.62. The minimum Gasteiger partial charge on any atom is -0.469 e. The molecule has 0 rings (SSSR count). The van der Waals surface area contributed by atoms with Gasteiger partial charge in [-0.3, -0.25) is 9.69 Å². The van der Waals surface area contributed by atoms with E-state index in [4.69, 9.17) is 5.11 Å². The van der Waals surface area contributed by atoms with Crippen molar-refractivity contribution in [1.82, 2.24) is 4.90 Å². The Balaban J connectivity index is 3.59. The second-order valence-electron chi connectivity index (χ2n) is 2.99. The Bertz CT molecular complexity index is 171. The van der Waals surface area contributed by atoms with Gasteiger partial charge in [-0.2, -0.15) is 0 Å². The molecule has 0 fully saturated rings. The molecule has 0 aromatic carbocycles. The maximum atomic E-state index is 10.8. The highest BCUT2D eigenvalue weighted by Crippen LogP contribution is 1.96. The monoisotopic (exact) mass is 201 g/mol. The maximum absolute atomic E-state index is 10.8. The van der Waals surface area contributed by atoms with Crippen molar-refractivity contribution in [2.24, 2.45) is 0 Å². The molecule has 0 aliphatic carbocycles. The first-order valence-corrected chi connectivity index (χ1v) is 4.75. The molecule has 0 atom stereocenters. The molecule has 0 spiro atoms. The summed E-state index contributed by atoms with van der Waals surface area (Å²) in [6.07, 6.45) is 2.96. The van der Waals surface area contributed by atoms with Crippen molar-refractivity contribution < 1.29 is 14.6 Å². The molecule has 0 heterocycles. The zero-order valence-corrected chi connectivity index (χ0v) is 8.74. The number of hydrogen-bond acceptors (Lipinski definition) is 4. The highest BCUT2D eigenvalue weighted by atomic mass is 16.5. The van der Waals surface area contributed by atoms with E-state index in [2.05, 4.69) is 11.3 Å². The molecule has 0 bridgehead atoms. The third-order valence-corrected chi connectivity index (χ3v) is 1.89. The van der Waals surface area contributed by atoms with Crippen LogP contribution in [0.2, 0.25) is 0 Å². The van der Waals surface area contributed by atoms with Gasteiger partial charge in [-0.05, 0) is 13.0 Å². The Kier molecular flexibility index (Phi) is 8.17. The number of nitrogens with zero attached hydrogens (tertiary/aromatic N) is 1. The van der Waals surface area contributed by atoms with Crippen molar-refractivity contribution in [3.05, 3.63) is 12.7 Å². The summed E-state index contributed by atoms with van der Waals surface area (Å²) in [5, 5.41) is 8.75. The van der Waals surface area contributed by atoms with Gasteiger partial charge < -0.3 is 9.84 Å². The van der Waals surface area contributed by atoms with Gasteiger partial charge >= 0.3 is 5.97 Å². The number of methoxy groups -OCH3 is 1. The first kappa shape index (κ1) is 13.1. The molecule has 0 aliphatic heterocycles. The molecule has 0 aromatic rings. The number of ether oxygens (including phenoxy) is 1. The predicted octanol–water partition coefficient (Wildman–Crippen LogP) is 0.420. The first-order valence-electron chi connectivity index (χ1n) is 4.75. The van der Waals surface area contributed by atoms with E-state index >= 15 is 0 Å². The molecule has 0 aromatic heterocycles. The quantitative estimate of drug-likeness (QED) is 0.457. The van der Waals surface area contributed by atoms with Crippen LogP contribution >= 0.6 is 0 Å². The molecule has 0 aliphatic rings. The van der Waals surface area contributed by atoms with Crippen LogP contribution in [0.15, 0.2) is 12.7 Å². The van der Waals surface area contributed by atoms with Crippen molar-refractivity contribution in [1.29, 1.82) is 0 Å². The summed E-state index contributed by atoms with van der Waals surface area (Å²) in [4.78, 5) is 12.8. The number of carbonyl (C=O) groups is 1. The second kappa shape index (κ2) is 8.72. The number of aliphatic hydroxyl groups is 1. The molecule has 82 valence electrons. The Morgan fingerprint density at radius 3 is 2.79 bits per heavy atom. The van der Waals surface area contributed by atoms with E-state index < -0.39 is 0 Å². The lowest BCUT2D eigenvalue weighted by molar-refractivity contribution is -0.140. The lowest BCUT2D eigenvalue weighted by atomic mass is 10.3. The van der Waals surface area contributed by atoms with Gasteiger partial charge in [0.25, 0.3) is 0 Å². The van der Waals surface area contributed by atoms with Gasteiger partial charge in [0.1, 0.15) is 0 Å². The lowest BCUT2D eigenvalue weighted by Crippen LogP contribution is -2.28. The van der Waals surface area contributed by atoms with Crippen LogP contribution in [0.4, 0.5) is 0 Å². The summed E-state index contributed by atoms with van der Waals surface area (Å²) in [5.74, 6) is -0.187. The van der Waals surface area contributed by atoms with Crippen LogP contribution in [-0.2, 0) is 9.53 Å². The Morgan fingerprint density at radius 2 is 2.29 bits per heavy atom. The van der Waals surface area contributed by atoms with Crippen LogP contribution in [0.25, 0.3) is 0 Å². The van der Waals surface area contributed by atoms with Crippen LogP contribution < -0.4 is 0 Å². The van der Waals surface area contributed by atoms with E-state index in [-0.39, 0.29) is 12.6 Å². The zero-order chi connectivity index (χ0) is 10.8. The van der Waals surface area contributed by atoms with Gasteiger partial charge in [-0.1, -0.05) is 6.08 Å². The fraction of sp³-hybridized carbons (Fsp3) is 0.700. The fourth-order valence-electron chi connectivity index (χ4n) is 1.17. The third-order valence-electron chi connectivity index (χ3n) is 1.89. The fourth-order valence-corrected chi connectivity index (χ4v) is 1.17. The molecule has 0 amide bonds. The van der Waals surface area contributed by atoms with Crippen molar-refractivity contribution in [3.8, 4) is 0 Å². The Hall–Kier alpha value is -0.870. The average Bonchev–Trinajstić information content (AvgIpc) is 2.18. The lowest BCUT2D eigenvalue weighted by Gasteiger charge is -2.18. The molecule has 1 N–H and O–H groups in total. The van der Waals surface area contributed by atoms with E-state index in [1.54, 1.807) is 6.08 Å². The van der Waals surface area contributed by atoms with Gasteiger partial charge in [0, 0.05) is 19.5 Å². The van der Waals surface area contributed by atoms with Crippen LogP contribution in [0.5, 0.6) is 0 Å². The largest absolute Gasteiger partial charge is 0.469 e. The van der Waals surface area contributed by atoms with E-state index in [0.29, 0.717) is 13.0 Å². The summed E-state index contributed by atoms with van der Waals surface area (Å²) >= 11 is 0. The molecule has 0 saturated carbocycles. The normalized spacial score (nSPS) is 10.2. The van der Waals surface area contributed by atoms with E-state index in [1.165, 1.54) is 7.11 Å². The smallest absolute Gasteiger partial charge is 0.305 e. The van der Waals surface area contributed by atoms with Gasteiger partial charge in [-0.25, -0.2) is 0 Å². The van der Waals surface area contributed by atoms with Crippen LogP contribution in [0.1, 0.15) is 12.8 Å². The van der Waals surface area contributed by atoms with Crippen molar-refractivity contribution in [2.75, 3.05) is 33.4 Å². The predicted molar refractivity (Wildman–Crippen MR) is 55.0 cm³/mol. The van der Waals surface area contributed by atoms with Gasteiger partial charge in [0.05, 0.1) is 13.7 Å². The maximum Gasteiger partial charge on any atom is 0.305 e. The highest BCUT2D eigenvalue weighted by Gasteiger charge is 2.04. The highest BCUT2D eigenvalue weighted by molar-refractivity contribution is 5.69. The summed E-state index contributed by atoms with van der Waals surface area (Å²) in [5.41, 5.74) is 0. The van der Waals surface area contributed by atoms with Gasteiger partial charge in [0.2, 0.25) is 0 Å². The number of carbonyl (C=O) groups excluding carboxylic acids is 1. The average molecular weight is 201 g/mol. The standard InChI is InChI=1S/C10H19NO3/c1-3-6-11(8-9-12)7-4-5-10(13)14-2/h3,12H,1,4-9H2,2H3. The molecule has 0 unspecified atom stereocenters. The van der Waals surface area contributed by atoms with Crippen LogP contribution in [-0.4, -0.2) is 49.3 Å². The molecule has 4 nitrogen and oxygen atoms in total. The molecule has 4 heteroatoms. The zero-order valence-electron chi connectivity index (χ0n) is 8.74. The second-order valence-corrected chi connectivity index (χ2v) is 2.99. The topological polar surface area (TPSA) is 49.8 Å². The summed E-state index contributed by atoms with van der Waals surface area (Å²) in [7, 11) is 1.39. The minimum absolute atomic E-state index is 0.131. The number of esters is 1. The van der Waals surface area contributed by atoms with Crippen molar-refractivity contribution in [3.63, 3.8) is 0 Å². The summed E-state index contributed by atoms with van der Waals surface area (Å²) in [6.45, 7) is 5.89. The summed E-state index contributed by atoms with van der Waals surface area (Å²) in [6, 6.07) is 0. The SMILES string of the molecule is C=CCN(CCO)CCCC(=O)OC. The first-order chi connectivity index (χ1) is 6.74. The molecule has 0 radical (unpaired) electrons. The van der Waals surface area contributed by atoms with E-state index in [9.17, 15) is 4.79 Å². The van der Waals surface area contributed by atoms with Gasteiger partial charge in [-0.15, -0.1) is 6.58 Å². The van der Waals surface area contributed by atoms with Crippen molar-refractivity contribution >= 4 is 5.97 Å². The Morgan fingerprint density at radius 1 is 1.57 bits per heavy atom.